The number of hydrogen-bond donors (Lipinski definition) is 1. The normalized spacial score (nSPS) is 12.2. The molecule has 4 rings (SSSR count). The number of anilines is 1. The monoisotopic (exact) mass is 641 g/mol. The predicted octanol–water partition coefficient (Wildman–Crippen LogP) is 6.06. The SMILES string of the molecule is COc1ccccc1N(CC(=O)N(Cc1cccc(C)c1)[C@@H](Cc1ccccc1)C(=O)NC(C)(C)C)S(=O)(=O)c1ccc(C)cc1. The summed E-state index contributed by atoms with van der Waals surface area (Å²) in [5, 5.41) is 3.05. The number of methoxy groups -OCH3 is 1. The summed E-state index contributed by atoms with van der Waals surface area (Å²) in [6.45, 7) is 9.02. The van der Waals surface area contributed by atoms with Gasteiger partial charge in [0.1, 0.15) is 18.3 Å². The number of benzene rings is 4. The molecule has 0 spiro atoms. The predicted molar refractivity (Wildman–Crippen MR) is 182 cm³/mol. The topological polar surface area (TPSA) is 96.0 Å². The number of nitrogens with zero attached hydrogens (tertiary/aromatic N) is 2. The second-order valence-electron chi connectivity index (χ2n) is 12.5. The van der Waals surface area contributed by atoms with E-state index in [0.29, 0.717) is 5.75 Å². The highest BCUT2D eigenvalue weighted by Crippen LogP contribution is 2.33. The van der Waals surface area contributed by atoms with Crippen molar-refractivity contribution in [2.45, 2.75) is 64.1 Å². The van der Waals surface area contributed by atoms with Crippen LogP contribution in [0.2, 0.25) is 0 Å². The van der Waals surface area contributed by atoms with Gasteiger partial charge >= 0.3 is 0 Å². The summed E-state index contributed by atoms with van der Waals surface area (Å²) < 4.78 is 35.2. The van der Waals surface area contributed by atoms with Gasteiger partial charge in [-0.1, -0.05) is 90.0 Å². The Morgan fingerprint density at radius 3 is 2.07 bits per heavy atom. The Bertz CT molecular complexity index is 1750. The average molecular weight is 642 g/mol. The first-order chi connectivity index (χ1) is 21.8. The maximum Gasteiger partial charge on any atom is 0.264 e. The first kappa shape index (κ1) is 34.2. The third-order valence-electron chi connectivity index (χ3n) is 7.45. The minimum absolute atomic E-state index is 0.0355. The molecule has 0 fully saturated rings. The first-order valence-corrected chi connectivity index (χ1v) is 16.7. The van der Waals surface area contributed by atoms with Crippen molar-refractivity contribution in [3.05, 3.63) is 125 Å². The van der Waals surface area contributed by atoms with E-state index in [9.17, 15) is 18.0 Å². The smallest absolute Gasteiger partial charge is 0.264 e. The zero-order valence-electron chi connectivity index (χ0n) is 27.4. The van der Waals surface area contributed by atoms with Crippen molar-refractivity contribution in [2.24, 2.45) is 0 Å². The van der Waals surface area contributed by atoms with Crippen molar-refractivity contribution >= 4 is 27.5 Å². The van der Waals surface area contributed by atoms with Crippen LogP contribution in [0.15, 0.2) is 108 Å². The Kier molecular flexibility index (Phi) is 10.9. The number of nitrogens with one attached hydrogen (secondary N) is 1. The van der Waals surface area contributed by atoms with Crippen LogP contribution in [0.5, 0.6) is 5.75 Å². The number of carbonyl (C=O) groups excluding carboxylic acids is 2. The second-order valence-corrected chi connectivity index (χ2v) is 14.3. The van der Waals surface area contributed by atoms with Crippen LogP contribution in [0, 0.1) is 13.8 Å². The summed E-state index contributed by atoms with van der Waals surface area (Å²) >= 11 is 0. The summed E-state index contributed by atoms with van der Waals surface area (Å²) in [6, 6.07) is 29.4. The van der Waals surface area contributed by atoms with Gasteiger partial charge in [-0.05, 0) is 70.0 Å². The van der Waals surface area contributed by atoms with Gasteiger partial charge in [0.2, 0.25) is 11.8 Å². The van der Waals surface area contributed by atoms with Gasteiger partial charge in [0.25, 0.3) is 10.0 Å². The van der Waals surface area contributed by atoms with Gasteiger partial charge in [-0.2, -0.15) is 0 Å². The van der Waals surface area contributed by atoms with E-state index in [1.165, 1.54) is 24.1 Å². The van der Waals surface area contributed by atoms with Gasteiger partial charge < -0.3 is 15.0 Å². The van der Waals surface area contributed by atoms with Gasteiger partial charge in [-0.3, -0.25) is 13.9 Å². The van der Waals surface area contributed by atoms with Crippen LogP contribution < -0.4 is 14.4 Å². The Balaban J connectivity index is 1.85. The molecular weight excluding hydrogens is 598 g/mol. The molecule has 2 amide bonds. The van der Waals surface area contributed by atoms with Gasteiger partial charge in [-0.15, -0.1) is 0 Å². The number of aryl methyl sites for hydroxylation is 2. The molecule has 4 aromatic rings. The number of para-hydroxylation sites is 2. The van der Waals surface area contributed by atoms with E-state index in [1.54, 1.807) is 36.4 Å². The van der Waals surface area contributed by atoms with Crippen LogP contribution in [-0.4, -0.2) is 50.4 Å². The lowest BCUT2D eigenvalue weighted by Gasteiger charge is -2.35. The largest absolute Gasteiger partial charge is 0.495 e. The molecule has 0 bridgehead atoms. The van der Waals surface area contributed by atoms with E-state index in [1.807, 2.05) is 89.2 Å². The van der Waals surface area contributed by atoms with E-state index in [4.69, 9.17) is 4.74 Å². The van der Waals surface area contributed by atoms with Crippen LogP contribution in [0.3, 0.4) is 0 Å². The van der Waals surface area contributed by atoms with E-state index < -0.39 is 34.1 Å². The summed E-state index contributed by atoms with van der Waals surface area (Å²) in [7, 11) is -2.79. The number of ether oxygens (including phenoxy) is 1. The molecule has 0 aromatic heterocycles. The second kappa shape index (κ2) is 14.6. The highest BCUT2D eigenvalue weighted by atomic mass is 32.2. The van der Waals surface area contributed by atoms with Gasteiger partial charge in [-0.25, -0.2) is 8.42 Å². The minimum atomic E-state index is -4.24. The van der Waals surface area contributed by atoms with E-state index in [0.717, 1.165) is 26.6 Å². The quantitative estimate of drug-likeness (QED) is 0.203. The number of carbonyl (C=O) groups is 2. The molecule has 4 aromatic carbocycles. The summed E-state index contributed by atoms with van der Waals surface area (Å²) in [5.74, 6) is -0.571. The van der Waals surface area contributed by atoms with E-state index >= 15 is 0 Å². The fraction of sp³-hybridized carbons (Fsp3) is 0.297. The number of hydrogen-bond acceptors (Lipinski definition) is 5. The van der Waals surface area contributed by atoms with Crippen LogP contribution in [0.4, 0.5) is 5.69 Å². The highest BCUT2D eigenvalue weighted by Gasteiger charge is 2.36. The molecule has 0 unspecified atom stereocenters. The Morgan fingerprint density at radius 2 is 1.43 bits per heavy atom. The van der Waals surface area contributed by atoms with Crippen molar-refractivity contribution in [1.29, 1.82) is 0 Å². The van der Waals surface area contributed by atoms with Crippen LogP contribution >= 0.6 is 0 Å². The maximum absolute atomic E-state index is 14.6. The number of sulfonamides is 1. The zero-order valence-corrected chi connectivity index (χ0v) is 28.2. The lowest BCUT2D eigenvalue weighted by atomic mass is 10.0. The Hall–Kier alpha value is -4.63. The lowest BCUT2D eigenvalue weighted by Crippen LogP contribution is -2.56. The molecule has 0 aliphatic rings. The molecule has 8 nitrogen and oxygen atoms in total. The summed E-state index contributed by atoms with van der Waals surface area (Å²) in [5.41, 5.74) is 3.24. The molecule has 0 saturated carbocycles. The van der Waals surface area contributed by atoms with Crippen molar-refractivity contribution in [1.82, 2.24) is 10.2 Å². The molecule has 242 valence electrons. The van der Waals surface area contributed by atoms with E-state index in [-0.39, 0.29) is 29.5 Å². The fourth-order valence-corrected chi connectivity index (χ4v) is 6.63. The van der Waals surface area contributed by atoms with Crippen molar-refractivity contribution in [3.8, 4) is 5.75 Å². The minimum Gasteiger partial charge on any atom is -0.495 e. The lowest BCUT2D eigenvalue weighted by molar-refractivity contribution is -0.140. The van der Waals surface area contributed by atoms with Gasteiger partial charge in [0.15, 0.2) is 0 Å². The molecule has 1 atom stereocenters. The Labute approximate surface area is 273 Å². The van der Waals surface area contributed by atoms with Gasteiger partial charge in [0.05, 0.1) is 17.7 Å². The van der Waals surface area contributed by atoms with Gasteiger partial charge in [0, 0.05) is 18.5 Å². The average Bonchev–Trinajstić information content (AvgIpc) is 3.01. The third kappa shape index (κ3) is 8.75. The molecule has 46 heavy (non-hydrogen) atoms. The first-order valence-electron chi connectivity index (χ1n) is 15.2. The molecule has 1 N–H and O–H groups in total. The van der Waals surface area contributed by atoms with Crippen molar-refractivity contribution in [3.63, 3.8) is 0 Å². The van der Waals surface area contributed by atoms with Crippen molar-refractivity contribution < 1.29 is 22.7 Å². The molecule has 0 saturated heterocycles. The molecule has 0 radical (unpaired) electrons. The molecule has 0 aliphatic heterocycles. The van der Waals surface area contributed by atoms with Crippen LogP contribution in [0.25, 0.3) is 0 Å². The van der Waals surface area contributed by atoms with Crippen molar-refractivity contribution in [2.75, 3.05) is 18.0 Å². The maximum atomic E-state index is 14.6. The standard InChI is InChI=1S/C37H43N3O5S/c1-27-19-21-31(22-20-27)46(43,44)40(32-17-10-11-18-34(32)45-6)26-35(41)39(25-30-16-12-13-28(2)23-30)33(36(42)38-37(3,4)5)24-29-14-8-7-9-15-29/h7-23,33H,24-26H2,1-6H3,(H,38,42)/t33-/m0/s1. The van der Waals surface area contributed by atoms with Crippen LogP contribution in [0.1, 0.15) is 43.0 Å². The highest BCUT2D eigenvalue weighted by molar-refractivity contribution is 7.92. The molecule has 0 aliphatic carbocycles. The fourth-order valence-electron chi connectivity index (χ4n) is 5.20. The summed E-state index contributed by atoms with van der Waals surface area (Å²) in [6.07, 6.45) is 0.236. The number of amides is 2. The van der Waals surface area contributed by atoms with E-state index in [2.05, 4.69) is 5.32 Å². The molecule has 9 heteroatoms. The number of rotatable bonds is 12. The Morgan fingerprint density at radius 1 is 0.804 bits per heavy atom. The summed E-state index contributed by atoms with van der Waals surface area (Å²) in [4.78, 5) is 30.2. The zero-order chi connectivity index (χ0) is 33.5. The molecular formula is C37H43N3O5S. The van der Waals surface area contributed by atoms with Crippen LogP contribution in [-0.2, 0) is 32.6 Å². The molecule has 0 heterocycles. The third-order valence-corrected chi connectivity index (χ3v) is 9.22.